The van der Waals surface area contributed by atoms with Gasteiger partial charge in [0, 0.05) is 12.4 Å². The van der Waals surface area contributed by atoms with Crippen LogP contribution in [0.25, 0.3) is 0 Å². The van der Waals surface area contributed by atoms with Crippen molar-refractivity contribution >= 4 is 39.1 Å². The zero-order valence-electron chi connectivity index (χ0n) is 8.89. The molecule has 0 aromatic carbocycles. The summed E-state index contributed by atoms with van der Waals surface area (Å²) in [6.07, 6.45) is 4.05. The first-order valence-electron chi connectivity index (χ1n) is 4.82. The summed E-state index contributed by atoms with van der Waals surface area (Å²) in [5.74, 6) is -0.492. The maximum Gasteiger partial charge on any atom is 0.257 e. The molecule has 0 aliphatic heterocycles. The van der Waals surface area contributed by atoms with E-state index in [1.165, 1.54) is 24.7 Å². The number of carbonyl (C=O) groups is 1. The smallest absolute Gasteiger partial charge is 0.257 e. The quantitative estimate of drug-likeness (QED) is 0.831. The molecule has 0 atom stereocenters. The number of pyridine rings is 2. The summed E-state index contributed by atoms with van der Waals surface area (Å²) in [6, 6.07) is 2.88. The molecule has 2 aromatic rings. The molecule has 0 aliphatic rings. The summed E-state index contributed by atoms with van der Waals surface area (Å²) >= 11 is 8.98. The van der Waals surface area contributed by atoms with Gasteiger partial charge in [-0.05, 0) is 28.1 Å². The highest BCUT2D eigenvalue weighted by Gasteiger charge is 2.10. The number of anilines is 1. The molecular formula is C11H7BrClN3O2. The molecule has 0 spiro atoms. The summed E-state index contributed by atoms with van der Waals surface area (Å²) in [7, 11) is 0. The highest BCUT2D eigenvalue weighted by Crippen LogP contribution is 2.23. The fourth-order valence-electron chi connectivity index (χ4n) is 1.26. The maximum absolute atomic E-state index is 11.9. The zero-order chi connectivity index (χ0) is 13.1. The first kappa shape index (κ1) is 12.8. The Hall–Kier alpha value is -1.66. The molecule has 2 aromatic heterocycles. The van der Waals surface area contributed by atoms with Crippen LogP contribution in [0.1, 0.15) is 10.4 Å². The van der Waals surface area contributed by atoms with E-state index in [9.17, 15) is 9.90 Å². The van der Waals surface area contributed by atoms with Crippen LogP contribution < -0.4 is 5.32 Å². The first-order valence-corrected chi connectivity index (χ1v) is 6.00. The van der Waals surface area contributed by atoms with Crippen LogP contribution in [0.15, 0.2) is 35.3 Å². The first-order chi connectivity index (χ1) is 8.56. The average Bonchev–Trinajstić information content (AvgIpc) is 2.34. The molecule has 2 heterocycles. The molecule has 7 heteroatoms. The second-order valence-electron chi connectivity index (χ2n) is 3.38. The molecular weight excluding hydrogens is 321 g/mol. The summed E-state index contributed by atoms with van der Waals surface area (Å²) in [4.78, 5) is 19.5. The number of halogens is 2. The van der Waals surface area contributed by atoms with Gasteiger partial charge in [-0.25, -0.2) is 4.98 Å². The second-order valence-corrected chi connectivity index (χ2v) is 4.57. The normalized spacial score (nSPS) is 10.1. The van der Waals surface area contributed by atoms with E-state index in [0.717, 1.165) is 0 Å². The Balaban J connectivity index is 2.24. The second kappa shape index (κ2) is 5.32. The van der Waals surface area contributed by atoms with Gasteiger partial charge in [-0.1, -0.05) is 11.6 Å². The summed E-state index contributed by atoms with van der Waals surface area (Å²) in [5, 5.41) is 12.3. The molecule has 0 saturated carbocycles. The third-order valence-corrected chi connectivity index (χ3v) is 2.88. The number of aromatic nitrogens is 2. The lowest BCUT2D eigenvalue weighted by Gasteiger charge is -2.07. The van der Waals surface area contributed by atoms with E-state index in [2.05, 4.69) is 31.2 Å². The van der Waals surface area contributed by atoms with E-state index >= 15 is 0 Å². The van der Waals surface area contributed by atoms with Crippen molar-refractivity contribution in [3.8, 4) is 5.75 Å². The highest BCUT2D eigenvalue weighted by molar-refractivity contribution is 9.10. The van der Waals surface area contributed by atoms with Gasteiger partial charge in [-0.3, -0.25) is 9.78 Å². The SMILES string of the molecule is O=C(Nc1cc(Cl)cnc1Br)c1cncc(O)c1. The van der Waals surface area contributed by atoms with Crippen LogP contribution in [0.5, 0.6) is 5.75 Å². The van der Waals surface area contributed by atoms with Crippen LogP contribution >= 0.6 is 27.5 Å². The third-order valence-electron chi connectivity index (χ3n) is 2.04. The van der Waals surface area contributed by atoms with E-state index < -0.39 is 5.91 Å². The molecule has 2 rings (SSSR count). The van der Waals surface area contributed by atoms with Gasteiger partial charge in [0.25, 0.3) is 5.91 Å². The predicted octanol–water partition coefficient (Wildman–Crippen LogP) is 2.85. The predicted molar refractivity (Wildman–Crippen MR) is 70.8 cm³/mol. The molecule has 18 heavy (non-hydrogen) atoms. The number of nitrogens with zero attached hydrogens (tertiary/aromatic N) is 2. The van der Waals surface area contributed by atoms with Gasteiger partial charge >= 0.3 is 0 Å². The Labute approximate surface area is 116 Å². The number of carbonyl (C=O) groups excluding carboxylic acids is 1. The van der Waals surface area contributed by atoms with Crippen molar-refractivity contribution in [2.45, 2.75) is 0 Å². The Morgan fingerprint density at radius 1 is 1.33 bits per heavy atom. The molecule has 92 valence electrons. The van der Waals surface area contributed by atoms with Crippen molar-refractivity contribution in [3.63, 3.8) is 0 Å². The van der Waals surface area contributed by atoms with Gasteiger partial charge < -0.3 is 10.4 Å². The number of aromatic hydroxyl groups is 1. The van der Waals surface area contributed by atoms with Gasteiger partial charge in [-0.2, -0.15) is 0 Å². The minimum Gasteiger partial charge on any atom is -0.506 e. The number of rotatable bonds is 2. The van der Waals surface area contributed by atoms with Gasteiger partial charge in [0.2, 0.25) is 0 Å². The number of hydrogen-bond donors (Lipinski definition) is 2. The minimum absolute atomic E-state index is 0.0778. The maximum atomic E-state index is 11.9. The Morgan fingerprint density at radius 3 is 2.83 bits per heavy atom. The van der Waals surface area contributed by atoms with E-state index in [-0.39, 0.29) is 11.3 Å². The van der Waals surface area contributed by atoms with Crippen LogP contribution in [-0.2, 0) is 0 Å². The van der Waals surface area contributed by atoms with Crippen LogP contribution in [0.3, 0.4) is 0 Å². The Morgan fingerprint density at radius 2 is 2.11 bits per heavy atom. The lowest BCUT2D eigenvalue weighted by atomic mass is 10.2. The van der Waals surface area contributed by atoms with E-state index in [0.29, 0.717) is 15.3 Å². The molecule has 0 saturated heterocycles. The topological polar surface area (TPSA) is 75.1 Å². The Bertz CT molecular complexity index is 607. The lowest BCUT2D eigenvalue weighted by Crippen LogP contribution is -2.12. The molecule has 0 aliphatic carbocycles. The monoisotopic (exact) mass is 327 g/mol. The van der Waals surface area contributed by atoms with Crippen molar-refractivity contribution in [2.75, 3.05) is 5.32 Å². The molecule has 5 nitrogen and oxygen atoms in total. The van der Waals surface area contributed by atoms with Crippen molar-refractivity contribution in [1.29, 1.82) is 0 Å². The molecule has 2 N–H and O–H groups in total. The van der Waals surface area contributed by atoms with E-state index in [1.807, 2.05) is 0 Å². The van der Waals surface area contributed by atoms with Crippen LogP contribution in [0.2, 0.25) is 5.02 Å². The molecule has 1 amide bonds. The average molecular weight is 329 g/mol. The molecule has 0 radical (unpaired) electrons. The summed E-state index contributed by atoms with van der Waals surface area (Å²) in [5.41, 5.74) is 0.678. The lowest BCUT2D eigenvalue weighted by molar-refractivity contribution is 0.102. The van der Waals surface area contributed by atoms with Gasteiger partial charge in [-0.15, -0.1) is 0 Å². The fraction of sp³-hybridized carbons (Fsp3) is 0. The van der Waals surface area contributed by atoms with Crippen molar-refractivity contribution in [1.82, 2.24) is 9.97 Å². The Kier molecular flexibility index (Phi) is 3.78. The van der Waals surface area contributed by atoms with Crippen LogP contribution in [-0.4, -0.2) is 21.0 Å². The molecule has 0 bridgehead atoms. The van der Waals surface area contributed by atoms with Crippen LogP contribution in [0.4, 0.5) is 5.69 Å². The fourth-order valence-corrected chi connectivity index (χ4v) is 1.73. The standard InChI is InChI=1S/C11H7BrClN3O2/c12-10-9(2-7(13)4-15-10)16-11(18)6-1-8(17)5-14-3-6/h1-5,17H,(H,16,18). The van der Waals surface area contributed by atoms with E-state index in [4.69, 9.17) is 11.6 Å². The summed E-state index contributed by atoms with van der Waals surface area (Å²) in [6.45, 7) is 0. The van der Waals surface area contributed by atoms with Gasteiger partial charge in [0.1, 0.15) is 10.4 Å². The molecule has 0 fully saturated rings. The van der Waals surface area contributed by atoms with Gasteiger partial charge in [0.05, 0.1) is 22.5 Å². The summed E-state index contributed by atoms with van der Waals surface area (Å²) < 4.78 is 0.466. The van der Waals surface area contributed by atoms with Gasteiger partial charge in [0.15, 0.2) is 0 Å². The zero-order valence-corrected chi connectivity index (χ0v) is 11.2. The van der Waals surface area contributed by atoms with E-state index in [1.54, 1.807) is 6.07 Å². The number of amides is 1. The van der Waals surface area contributed by atoms with Crippen molar-refractivity contribution in [3.05, 3.63) is 45.9 Å². The number of hydrogen-bond acceptors (Lipinski definition) is 4. The van der Waals surface area contributed by atoms with Crippen molar-refractivity contribution in [2.24, 2.45) is 0 Å². The van der Waals surface area contributed by atoms with Crippen LogP contribution in [0, 0.1) is 0 Å². The highest BCUT2D eigenvalue weighted by atomic mass is 79.9. The molecule has 0 unspecified atom stereocenters. The third kappa shape index (κ3) is 2.96. The largest absolute Gasteiger partial charge is 0.506 e. The van der Waals surface area contributed by atoms with Crippen molar-refractivity contribution < 1.29 is 9.90 Å². The number of nitrogens with one attached hydrogen (secondary N) is 1. The minimum atomic E-state index is -0.414.